The van der Waals surface area contributed by atoms with Crippen molar-refractivity contribution in [3.8, 4) is 0 Å². The molecule has 1 fully saturated rings. The van der Waals surface area contributed by atoms with Gasteiger partial charge in [-0.1, -0.05) is 35.4 Å². The van der Waals surface area contributed by atoms with Gasteiger partial charge in [0, 0.05) is 6.04 Å². The number of hydrogen-bond acceptors (Lipinski definition) is 2. The summed E-state index contributed by atoms with van der Waals surface area (Å²) in [7, 11) is 0. The lowest BCUT2D eigenvalue weighted by atomic mass is 9.92. The van der Waals surface area contributed by atoms with Gasteiger partial charge in [-0.15, -0.1) is 0 Å². The zero-order valence-corrected chi connectivity index (χ0v) is 7.60. The smallest absolute Gasteiger partial charge is 0.0833 e. The average molecular weight is 240 g/mol. The van der Waals surface area contributed by atoms with Crippen LogP contribution in [0.25, 0.3) is 0 Å². The van der Waals surface area contributed by atoms with Crippen molar-refractivity contribution >= 4 is 22.6 Å². The number of alkyl halides is 1. The fourth-order valence-electron chi connectivity index (χ4n) is 1.19. The lowest BCUT2D eigenvalue weighted by Crippen LogP contribution is -2.52. The van der Waals surface area contributed by atoms with Crippen LogP contribution in [0.1, 0.15) is 25.7 Å². The van der Waals surface area contributed by atoms with Crippen LogP contribution in [0, 0.1) is 0 Å². The van der Waals surface area contributed by atoms with E-state index in [0.29, 0.717) is 0 Å². The average Bonchev–Trinajstić information content (AvgIpc) is 1.77. The van der Waals surface area contributed by atoms with Gasteiger partial charge < -0.3 is 11.5 Å². The Morgan fingerprint density at radius 1 is 1.44 bits per heavy atom. The number of halogens is 1. The highest BCUT2D eigenvalue weighted by Gasteiger charge is 2.31. The first-order chi connectivity index (χ1) is 4.13. The van der Waals surface area contributed by atoms with E-state index in [0.717, 1.165) is 12.8 Å². The molecule has 1 aliphatic carbocycles. The van der Waals surface area contributed by atoms with Gasteiger partial charge in [0.25, 0.3) is 0 Å². The molecular formula is C6H13IN2. The molecule has 9 heavy (non-hydrogen) atoms. The van der Waals surface area contributed by atoms with Gasteiger partial charge in [-0.2, -0.15) is 0 Å². The molecule has 2 unspecified atom stereocenters. The van der Waals surface area contributed by atoms with Crippen LogP contribution in [0.15, 0.2) is 0 Å². The maximum Gasteiger partial charge on any atom is 0.0833 e. The van der Waals surface area contributed by atoms with Gasteiger partial charge in [0.05, 0.1) is 3.55 Å². The normalized spacial score (nSPS) is 45.0. The lowest BCUT2D eigenvalue weighted by Gasteiger charge is -2.33. The van der Waals surface area contributed by atoms with Crippen molar-refractivity contribution in [2.75, 3.05) is 0 Å². The summed E-state index contributed by atoms with van der Waals surface area (Å²) in [6.45, 7) is 0. The molecule has 0 saturated heterocycles. The van der Waals surface area contributed by atoms with Crippen LogP contribution in [0.4, 0.5) is 0 Å². The zero-order chi connectivity index (χ0) is 6.91. The molecule has 0 radical (unpaired) electrons. The molecule has 1 saturated carbocycles. The third kappa shape index (κ3) is 1.78. The van der Waals surface area contributed by atoms with Gasteiger partial charge in [0.15, 0.2) is 0 Å². The quantitative estimate of drug-likeness (QED) is 0.376. The first-order valence-electron chi connectivity index (χ1n) is 3.36. The lowest BCUT2D eigenvalue weighted by molar-refractivity contribution is 0.369. The van der Waals surface area contributed by atoms with Gasteiger partial charge in [-0.3, -0.25) is 0 Å². The van der Waals surface area contributed by atoms with Crippen LogP contribution in [-0.2, 0) is 0 Å². The summed E-state index contributed by atoms with van der Waals surface area (Å²) in [4.78, 5) is 0. The van der Waals surface area contributed by atoms with E-state index in [2.05, 4.69) is 22.6 Å². The van der Waals surface area contributed by atoms with Crippen molar-refractivity contribution in [2.24, 2.45) is 11.5 Å². The molecule has 0 aromatic carbocycles. The van der Waals surface area contributed by atoms with Gasteiger partial charge in [-0.25, -0.2) is 0 Å². The summed E-state index contributed by atoms with van der Waals surface area (Å²) in [5, 5.41) is 0. The third-order valence-corrected chi connectivity index (χ3v) is 3.28. The van der Waals surface area contributed by atoms with Crippen molar-refractivity contribution in [1.82, 2.24) is 0 Å². The van der Waals surface area contributed by atoms with Gasteiger partial charge >= 0.3 is 0 Å². The predicted octanol–water partition coefficient (Wildman–Crippen LogP) is 0.978. The summed E-state index contributed by atoms with van der Waals surface area (Å²) in [6, 6.07) is 0.215. The standard InChI is InChI=1S/C6H13IN2/c7-6(9)4-2-1-3-5(6)8/h5H,1-4,8-9H2. The largest absolute Gasteiger partial charge is 0.325 e. The molecule has 1 aliphatic rings. The number of hydrogen-bond donors (Lipinski definition) is 2. The fourth-order valence-corrected chi connectivity index (χ4v) is 1.88. The molecule has 0 heterocycles. The van der Waals surface area contributed by atoms with Gasteiger partial charge in [0.2, 0.25) is 0 Å². The molecule has 2 atom stereocenters. The molecule has 0 amide bonds. The minimum absolute atomic E-state index is 0.115. The topological polar surface area (TPSA) is 52.0 Å². The number of nitrogens with two attached hydrogens (primary N) is 2. The monoisotopic (exact) mass is 240 g/mol. The Kier molecular flexibility index (Phi) is 2.34. The summed E-state index contributed by atoms with van der Waals surface area (Å²) < 4.78 is -0.115. The van der Waals surface area contributed by atoms with Crippen molar-refractivity contribution < 1.29 is 0 Å². The summed E-state index contributed by atoms with van der Waals surface area (Å²) in [5.41, 5.74) is 11.7. The van der Waals surface area contributed by atoms with Gasteiger partial charge in [0.1, 0.15) is 0 Å². The molecular weight excluding hydrogens is 227 g/mol. The van der Waals surface area contributed by atoms with Crippen LogP contribution < -0.4 is 11.5 Å². The molecule has 1 rings (SSSR count). The molecule has 0 aromatic rings. The Bertz CT molecular complexity index is 103. The van der Waals surface area contributed by atoms with Gasteiger partial charge in [-0.05, 0) is 12.8 Å². The summed E-state index contributed by atoms with van der Waals surface area (Å²) in [5.74, 6) is 0. The second-order valence-electron chi connectivity index (χ2n) is 2.78. The first kappa shape index (κ1) is 7.75. The third-order valence-electron chi connectivity index (χ3n) is 1.94. The Balaban J connectivity index is 2.49. The van der Waals surface area contributed by atoms with Crippen molar-refractivity contribution in [3.63, 3.8) is 0 Å². The number of rotatable bonds is 0. The van der Waals surface area contributed by atoms with Crippen LogP contribution >= 0.6 is 22.6 Å². The second-order valence-corrected chi connectivity index (χ2v) is 4.79. The minimum Gasteiger partial charge on any atom is -0.325 e. The molecule has 0 aliphatic heterocycles. The van der Waals surface area contributed by atoms with E-state index in [1.807, 2.05) is 0 Å². The molecule has 0 aromatic heterocycles. The molecule has 54 valence electrons. The zero-order valence-electron chi connectivity index (χ0n) is 5.44. The van der Waals surface area contributed by atoms with E-state index in [9.17, 15) is 0 Å². The molecule has 0 bridgehead atoms. The fraction of sp³-hybridized carbons (Fsp3) is 1.00. The van der Waals surface area contributed by atoms with Crippen LogP contribution in [0.3, 0.4) is 0 Å². The highest BCUT2D eigenvalue weighted by molar-refractivity contribution is 14.1. The van der Waals surface area contributed by atoms with Crippen molar-refractivity contribution in [2.45, 2.75) is 35.3 Å². The summed E-state index contributed by atoms with van der Waals surface area (Å²) in [6.07, 6.45) is 4.67. The van der Waals surface area contributed by atoms with E-state index in [4.69, 9.17) is 11.5 Å². The van der Waals surface area contributed by atoms with Crippen molar-refractivity contribution in [3.05, 3.63) is 0 Å². The molecule has 0 spiro atoms. The van der Waals surface area contributed by atoms with Crippen LogP contribution in [0.2, 0.25) is 0 Å². The van der Waals surface area contributed by atoms with Crippen LogP contribution in [-0.4, -0.2) is 9.59 Å². The van der Waals surface area contributed by atoms with E-state index in [1.165, 1.54) is 12.8 Å². The second kappa shape index (κ2) is 2.72. The Morgan fingerprint density at radius 2 is 2.11 bits per heavy atom. The van der Waals surface area contributed by atoms with Crippen molar-refractivity contribution in [1.29, 1.82) is 0 Å². The Hall–Kier alpha value is 0.650. The Morgan fingerprint density at radius 3 is 2.44 bits per heavy atom. The molecule has 4 N–H and O–H groups in total. The molecule has 3 heteroatoms. The maximum atomic E-state index is 5.88. The molecule has 2 nitrogen and oxygen atoms in total. The predicted molar refractivity (Wildman–Crippen MR) is 47.4 cm³/mol. The van der Waals surface area contributed by atoms with E-state index in [1.54, 1.807) is 0 Å². The van der Waals surface area contributed by atoms with E-state index in [-0.39, 0.29) is 9.59 Å². The first-order valence-corrected chi connectivity index (χ1v) is 4.44. The minimum atomic E-state index is -0.115. The van der Waals surface area contributed by atoms with E-state index < -0.39 is 0 Å². The SMILES string of the molecule is NC1CCCCC1(N)I. The van der Waals surface area contributed by atoms with E-state index >= 15 is 0 Å². The maximum absolute atomic E-state index is 5.88. The summed E-state index contributed by atoms with van der Waals surface area (Å²) >= 11 is 2.27. The highest BCUT2D eigenvalue weighted by atomic mass is 127. The Labute approximate surface area is 69.5 Å². The van der Waals surface area contributed by atoms with Crippen LogP contribution in [0.5, 0.6) is 0 Å². The highest BCUT2D eigenvalue weighted by Crippen LogP contribution is 2.30.